The van der Waals surface area contributed by atoms with Crippen LogP contribution in [0.4, 0.5) is 4.39 Å². The van der Waals surface area contributed by atoms with Gasteiger partial charge in [-0.1, -0.05) is 18.2 Å². The highest BCUT2D eigenvalue weighted by molar-refractivity contribution is 7.84. The molecule has 2 aromatic rings. The number of pyridine rings is 1. The lowest BCUT2D eigenvalue weighted by molar-refractivity contribution is 0.595. The van der Waals surface area contributed by atoms with Gasteiger partial charge >= 0.3 is 0 Å². The second kappa shape index (κ2) is 5.52. The van der Waals surface area contributed by atoms with E-state index in [1.807, 2.05) is 6.07 Å². The zero-order chi connectivity index (χ0) is 13.0. The predicted molar refractivity (Wildman–Crippen MR) is 65.5 cm³/mol. The molecule has 1 heterocycles. The molecule has 0 aliphatic rings. The van der Waals surface area contributed by atoms with E-state index in [0.717, 1.165) is 0 Å². The number of rotatable bonds is 3. The van der Waals surface area contributed by atoms with E-state index >= 15 is 0 Å². The molecule has 0 amide bonds. The van der Waals surface area contributed by atoms with Crippen molar-refractivity contribution in [1.82, 2.24) is 4.98 Å². The first-order chi connectivity index (χ1) is 8.72. The number of hydrogen-bond donors (Lipinski definition) is 0. The highest BCUT2D eigenvalue weighted by Crippen LogP contribution is 2.16. The van der Waals surface area contributed by atoms with Gasteiger partial charge in [0.15, 0.2) is 0 Å². The van der Waals surface area contributed by atoms with Crippen molar-refractivity contribution in [3.63, 3.8) is 0 Å². The predicted octanol–water partition coefficient (Wildman–Crippen LogP) is 2.40. The summed E-state index contributed by atoms with van der Waals surface area (Å²) in [5, 5.41) is 8.87. The average Bonchev–Trinajstić information content (AvgIpc) is 2.39. The molecule has 1 aromatic heterocycles. The molecule has 1 atom stereocenters. The van der Waals surface area contributed by atoms with Gasteiger partial charge in [-0.3, -0.25) is 4.21 Å². The minimum atomic E-state index is -1.52. The molecule has 0 bridgehead atoms. The van der Waals surface area contributed by atoms with Crippen LogP contribution in [-0.4, -0.2) is 9.19 Å². The Morgan fingerprint density at radius 3 is 2.78 bits per heavy atom. The summed E-state index contributed by atoms with van der Waals surface area (Å²) in [6.45, 7) is 0. The third kappa shape index (κ3) is 2.60. The van der Waals surface area contributed by atoms with Crippen LogP contribution in [0.1, 0.15) is 11.3 Å². The van der Waals surface area contributed by atoms with E-state index in [4.69, 9.17) is 5.26 Å². The van der Waals surface area contributed by atoms with Crippen LogP contribution < -0.4 is 0 Å². The Morgan fingerprint density at radius 1 is 1.28 bits per heavy atom. The van der Waals surface area contributed by atoms with Crippen LogP contribution in [0.5, 0.6) is 0 Å². The molecule has 0 saturated heterocycles. The van der Waals surface area contributed by atoms with Crippen molar-refractivity contribution in [1.29, 1.82) is 5.26 Å². The first-order valence-electron chi connectivity index (χ1n) is 5.19. The molecule has 0 N–H and O–H groups in total. The first kappa shape index (κ1) is 12.4. The highest BCUT2D eigenvalue weighted by Gasteiger charge is 2.12. The van der Waals surface area contributed by atoms with Gasteiger partial charge in [0.2, 0.25) is 0 Å². The van der Waals surface area contributed by atoms with Crippen LogP contribution in [0.2, 0.25) is 0 Å². The fourth-order valence-corrected chi connectivity index (χ4v) is 2.69. The first-order valence-corrected chi connectivity index (χ1v) is 6.51. The maximum absolute atomic E-state index is 13.5. The molecule has 5 heteroatoms. The van der Waals surface area contributed by atoms with Crippen LogP contribution in [0, 0.1) is 17.1 Å². The molecular weight excluding hydrogens is 251 g/mol. The molecule has 3 nitrogen and oxygen atoms in total. The lowest BCUT2D eigenvalue weighted by Crippen LogP contribution is -2.02. The molecular formula is C13H9FN2OS. The van der Waals surface area contributed by atoms with Gasteiger partial charge in [-0.05, 0) is 18.2 Å². The summed E-state index contributed by atoms with van der Waals surface area (Å²) in [5.74, 6) is -0.421. The molecule has 2 rings (SSSR count). The second-order valence-corrected chi connectivity index (χ2v) is 4.96. The molecule has 0 aliphatic carbocycles. The molecule has 0 aliphatic heterocycles. The number of nitrogens with zero attached hydrogens (tertiary/aromatic N) is 2. The summed E-state index contributed by atoms with van der Waals surface area (Å²) in [5.41, 5.74) is 0.781. The number of benzene rings is 1. The molecule has 0 fully saturated rings. The normalized spacial score (nSPS) is 11.8. The van der Waals surface area contributed by atoms with Crippen molar-refractivity contribution in [3.8, 4) is 6.07 Å². The van der Waals surface area contributed by atoms with Crippen molar-refractivity contribution in [2.75, 3.05) is 0 Å². The Bertz CT molecular complexity index is 637. The second-order valence-electron chi connectivity index (χ2n) is 3.54. The Hall–Kier alpha value is -2.06. The Morgan fingerprint density at radius 2 is 2.06 bits per heavy atom. The van der Waals surface area contributed by atoms with Gasteiger partial charge in [0.05, 0.1) is 21.4 Å². The summed E-state index contributed by atoms with van der Waals surface area (Å²) in [6, 6.07) is 11.2. The molecule has 18 heavy (non-hydrogen) atoms. The van der Waals surface area contributed by atoms with Gasteiger partial charge in [-0.25, -0.2) is 9.37 Å². The van der Waals surface area contributed by atoms with Crippen LogP contribution in [0.25, 0.3) is 0 Å². The van der Waals surface area contributed by atoms with Gasteiger partial charge in [0.1, 0.15) is 17.6 Å². The third-order valence-electron chi connectivity index (χ3n) is 2.37. The highest BCUT2D eigenvalue weighted by atomic mass is 32.2. The van der Waals surface area contributed by atoms with E-state index in [0.29, 0.717) is 5.56 Å². The number of nitriles is 1. The number of halogens is 1. The van der Waals surface area contributed by atoms with Gasteiger partial charge in [0.25, 0.3) is 0 Å². The quantitative estimate of drug-likeness (QED) is 0.851. The van der Waals surface area contributed by atoms with Crippen molar-refractivity contribution in [2.24, 2.45) is 0 Å². The lowest BCUT2D eigenvalue weighted by Gasteiger charge is -2.04. The third-order valence-corrected chi connectivity index (χ3v) is 3.76. The molecule has 1 unspecified atom stereocenters. The van der Waals surface area contributed by atoms with Gasteiger partial charge < -0.3 is 0 Å². The number of hydrogen-bond acceptors (Lipinski definition) is 3. The van der Waals surface area contributed by atoms with Crippen molar-refractivity contribution in [3.05, 3.63) is 59.7 Å². The summed E-state index contributed by atoms with van der Waals surface area (Å²) < 4.78 is 25.5. The maximum Gasteiger partial charge on any atom is 0.144 e. The fraction of sp³-hybridized carbons (Fsp3) is 0.0769. The van der Waals surface area contributed by atoms with Crippen molar-refractivity contribution < 1.29 is 8.60 Å². The summed E-state index contributed by atoms with van der Waals surface area (Å²) >= 11 is 0. The van der Waals surface area contributed by atoms with Crippen molar-refractivity contribution in [2.45, 2.75) is 10.6 Å². The van der Waals surface area contributed by atoms with Crippen LogP contribution in [0.3, 0.4) is 0 Å². The van der Waals surface area contributed by atoms with E-state index in [9.17, 15) is 8.60 Å². The molecule has 1 aromatic carbocycles. The van der Waals surface area contributed by atoms with E-state index in [1.165, 1.54) is 18.3 Å². The van der Waals surface area contributed by atoms with E-state index < -0.39 is 16.6 Å². The maximum atomic E-state index is 13.5. The topological polar surface area (TPSA) is 53.8 Å². The Kier molecular flexibility index (Phi) is 3.80. The number of aromatic nitrogens is 1. The molecule has 0 radical (unpaired) electrons. The van der Waals surface area contributed by atoms with Gasteiger partial charge in [-0.2, -0.15) is 5.26 Å². The molecule has 90 valence electrons. The standard InChI is InChI=1S/C13H9FN2OS/c14-11-5-1-2-6-13(11)18(17)9-10-4-3-7-16-12(10)8-15/h1-7H,9H2. The summed E-state index contributed by atoms with van der Waals surface area (Å²) in [4.78, 5) is 4.02. The van der Waals surface area contributed by atoms with Crippen LogP contribution >= 0.6 is 0 Å². The Balaban J connectivity index is 2.28. The largest absolute Gasteiger partial charge is 0.254 e. The average molecular weight is 260 g/mol. The van der Waals surface area contributed by atoms with Gasteiger partial charge in [-0.15, -0.1) is 0 Å². The van der Waals surface area contributed by atoms with E-state index in [1.54, 1.807) is 24.3 Å². The van der Waals surface area contributed by atoms with Crippen LogP contribution in [0.15, 0.2) is 47.5 Å². The zero-order valence-electron chi connectivity index (χ0n) is 9.34. The van der Waals surface area contributed by atoms with Crippen molar-refractivity contribution >= 4 is 10.8 Å². The SMILES string of the molecule is N#Cc1ncccc1CS(=O)c1ccccc1F. The lowest BCUT2D eigenvalue weighted by atomic mass is 10.2. The summed E-state index contributed by atoms with van der Waals surface area (Å²) in [6.07, 6.45) is 1.49. The fourth-order valence-electron chi connectivity index (χ4n) is 1.50. The minimum Gasteiger partial charge on any atom is -0.254 e. The Labute approximate surface area is 106 Å². The van der Waals surface area contributed by atoms with E-state index in [2.05, 4.69) is 4.98 Å². The van der Waals surface area contributed by atoms with E-state index in [-0.39, 0.29) is 16.3 Å². The van der Waals surface area contributed by atoms with Gasteiger partial charge in [0, 0.05) is 11.8 Å². The minimum absolute atomic E-state index is 0.0810. The zero-order valence-corrected chi connectivity index (χ0v) is 10.2. The summed E-state index contributed by atoms with van der Waals surface area (Å²) in [7, 11) is -1.52. The monoisotopic (exact) mass is 260 g/mol. The van der Waals surface area contributed by atoms with Crippen LogP contribution in [-0.2, 0) is 16.6 Å². The smallest absolute Gasteiger partial charge is 0.144 e. The molecule has 0 spiro atoms. The molecule has 0 saturated carbocycles.